The van der Waals surface area contributed by atoms with Crippen LogP contribution in [0.25, 0.3) is 11.4 Å². The second-order valence-corrected chi connectivity index (χ2v) is 7.59. The molecule has 150 valence electrons. The third kappa shape index (κ3) is 4.13. The van der Waals surface area contributed by atoms with E-state index in [1.54, 1.807) is 6.07 Å². The van der Waals surface area contributed by atoms with Crippen molar-refractivity contribution < 1.29 is 14.1 Å². The molecular weight excluding hydrogens is 370 g/mol. The Morgan fingerprint density at radius 1 is 1.21 bits per heavy atom. The summed E-state index contributed by atoms with van der Waals surface area (Å²) in [5, 5.41) is 3.94. The van der Waals surface area contributed by atoms with Crippen LogP contribution in [0.3, 0.4) is 0 Å². The minimum atomic E-state index is -0.694. The van der Waals surface area contributed by atoms with Gasteiger partial charge in [-0.2, -0.15) is 4.98 Å². The first-order chi connectivity index (χ1) is 14.0. The maximum Gasteiger partial charge on any atom is 0.344 e. The van der Waals surface area contributed by atoms with Crippen LogP contribution in [-0.2, 0) is 24.2 Å². The molecule has 7 nitrogen and oxygen atoms in total. The molecule has 1 aromatic carbocycles. The van der Waals surface area contributed by atoms with Gasteiger partial charge in [0.25, 0.3) is 11.4 Å². The fourth-order valence-corrected chi connectivity index (χ4v) is 3.48. The lowest BCUT2D eigenvalue weighted by atomic mass is 9.95. The predicted octanol–water partition coefficient (Wildman–Crippen LogP) is 3.78. The molecule has 0 saturated carbocycles. The lowest BCUT2D eigenvalue weighted by molar-refractivity contribution is 0.0427. The summed E-state index contributed by atoms with van der Waals surface area (Å²) in [6, 6.07) is 9.56. The number of rotatable bonds is 5. The van der Waals surface area contributed by atoms with Gasteiger partial charge in [0.1, 0.15) is 5.56 Å². The van der Waals surface area contributed by atoms with E-state index in [4.69, 9.17) is 9.26 Å². The van der Waals surface area contributed by atoms with E-state index >= 15 is 0 Å². The average molecular weight is 393 g/mol. The van der Waals surface area contributed by atoms with Crippen LogP contribution in [0.5, 0.6) is 0 Å². The molecular formula is C22H23N3O4. The summed E-state index contributed by atoms with van der Waals surface area (Å²) in [4.78, 5) is 31.6. The van der Waals surface area contributed by atoms with E-state index in [0.717, 1.165) is 42.5 Å². The maximum absolute atomic E-state index is 12.4. The summed E-state index contributed by atoms with van der Waals surface area (Å²) in [6.45, 7) is 4.07. The molecule has 0 fully saturated rings. The lowest BCUT2D eigenvalue weighted by Crippen LogP contribution is -2.23. The number of fused-ring (bicyclic) bond motifs is 1. The second kappa shape index (κ2) is 8.03. The number of aromatic nitrogens is 3. The predicted molar refractivity (Wildman–Crippen MR) is 107 cm³/mol. The normalized spacial score (nSPS) is 13.3. The van der Waals surface area contributed by atoms with E-state index in [1.165, 1.54) is 5.56 Å². The van der Waals surface area contributed by atoms with Gasteiger partial charge in [-0.25, -0.2) is 4.79 Å². The van der Waals surface area contributed by atoms with Crippen molar-refractivity contribution in [2.75, 3.05) is 0 Å². The number of hydrogen-bond acceptors (Lipinski definition) is 6. The number of ether oxygens (including phenoxy) is 1. The Kier molecular flexibility index (Phi) is 5.29. The first-order valence-electron chi connectivity index (χ1n) is 9.86. The van der Waals surface area contributed by atoms with Gasteiger partial charge >= 0.3 is 5.97 Å². The fourth-order valence-electron chi connectivity index (χ4n) is 3.48. The van der Waals surface area contributed by atoms with Gasteiger partial charge in [-0.3, -0.25) is 4.79 Å². The topological polar surface area (TPSA) is 98.1 Å². The highest BCUT2D eigenvalue weighted by Gasteiger charge is 2.19. The zero-order valence-corrected chi connectivity index (χ0v) is 16.5. The smallest absolute Gasteiger partial charge is 0.344 e. The third-order valence-electron chi connectivity index (χ3n) is 5.19. The van der Waals surface area contributed by atoms with E-state index < -0.39 is 11.5 Å². The Hall–Kier alpha value is -3.22. The molecule has 0 bridgehead atoms. The molecule has 0 radical (unpaired) electrons. The van der Waals surface area contributed by atoms with Crippen molar-refractivity contribution in [1.29, 1.82) is 0 Å². The highest BCUT2D eigenvalue weighted by Crippen LogP contribution is 2.21. The third-order valence-corrected chi connectivity index (χ3v) is 5.19. The molecule has 0 unspecified atom stereocenters. The molecule has 0 spiro atoms. The first-order valence-corrected chi connectivity index (χ1v) is 9.86. The molecule has 0 atom stereocenters. The molecule has 29 heavy (non-hydrogen) atoms. The number of esters is 1. The van der Waals surface area contributed by atoms with E-state index in [-0.39, 0.29) is 18.1 Å². The molecule has 1 N–H and O–H groups in total. The van der Waals surface area contributed by atoms with Gasteiger partial charge in [0.05, 0.1) is 0 Å². The molecule has 7 heteroatoms. The van der Waals surface area contributed by atoms with E-state index in [1.807, 2.05) is 24.3 Å². The Labute approximate surface area is 168 Å². The lowest BCUT2D eigenvalue weighted by Gasteiger charge is -2.15. The minimum Gasteiger partial charge on any atom is -0.452 e. The number of carbonyl (C=O) groups excluding carboxylic acids is 1. The van der Waals surface area contributed by atoms with Crippen LogP contribution in [0.15, 0.2) is 39.6 Å². The van der Waals surface area contributed by atoms with Crippen LogP contribution in [-0.4, -0.2) is 21.1 Å². The second-order valence-electron chi connectivity index (χ2n) is 7.59. The van der Waals surface area contributed by atoms with Crippen molar-refractivity contribution in [3.05, 3.63) is 69.0 Å². The highest BCUT2D eigenvalue weighted by atomic mass is 16.6. The van der Waals surface area contributed by atoms with E-state index in [2.05, 4.69) is 29.0 Å². The van der Waals surface area contributed by atoms with Gasteiger partial charge in [0, 0.05) is 11.3 Å². The number of carbonyl (C=O) groups is 1. The maximum atomic E-state index is 12.4. The van der Waals surface area contributed by atoms with Gasteiger partial charge in [-0.05, 0) is 48.8 Å². The zero-order valence-electron chi connectivity index (χ0n) is 16.5. The average Bonchev–Trinajstić information content (AvgIpc) is 3.20. The number of hydrogen-bond donors (Lipinski definition) is 1. The van der Waals surface area contributed by atoms with Crippen LogP contribution >= 0.6 is 0 Å². The first kappa shape index (κ1) is 19.1. The Bertz CT molecular complexity index is 1080. The molecule has 0 saturated heterocycles. The Morgan fingerprint density at radius 3 is 2.72 bits per heavy atom. The summed E-state index contributed by atoms with van der Waals surface area (Å²) in [5.41, 5.74) is 3.56. The summed E-state index contributed by atoms with van der Waals surface area (Å²) in [5.74, 6) is 0.352. The quantitative estimate of drug-likeness (QED) is 0.663. The highest BCUT2D eigenvalue weighted by molar-refractivity contribution is 5.89. The van der Waals surface area contributed by atoms with Gasteiger partial charge in [-0.1, -0.05) is 43.3 Å². The summed E-state index contributed by atoms with van der Waals surface area (Å²) in [6.07, 6.45) is 3.79. The Balaban J connectivity index is 1.43. The Morgan fingerprint density at radius 2 is 1.97 bits per heavy atom. The molecule has 0 aliphatic heterocycles. The zero-order chi connectivity index (χ0) is 20.4. The molecule has 2 aromatic heterocycles. The number of benzene rings is 1. The van der Waals surface area contributed by atoms with Crippen LogP contribution in [0, 0.1) is 0 Å². The molecule has 2 heterocycles. The number of nitrogens with zero attached hydrogens (tertiary/aromatic N) is 2. The summed E-state index contributed by atoms with van der Waals surface area (Å²) < 4.78 is 10.4. The summed E-state index contributed by atoms with van der Waals surface area (Å²) >= 11 is 0. The van der Waals surface area contributed by atoms with Gasteiger partial charge < -0.3 is 14.2 Å². The largest absolute Gasteiger partial charge is 0.452 e. The van der Waals surface area contributed by atoms with Gasteiger partial charge in [0.15, 0.2) is 6.61 Å². The van der Waals surface area contributed by atoms with Crippen LogP contribution in [0.2, 0.25) is 0 Å². The molecule has 1 aliphatic carbocycles. The number of nitrogens with one attached hydrogen (secondary N) is 1. The number of pyridine rings is 1. The SMILES string of the molecule is CC(C)c1ccc(-c2noc(COC(=O)c3cc4c([nH]c3=O)CCCC4)n2)cc1. The number of aromatic amines is 1. The van der Waals surface area contributed by atoms with Crippen molar-refractivity contribution in [2.24, 2.45) is 0 Å². The molecule has 0 amide bonds. The van der Waals surface area contributed by atoms with Gasteiger partial charge in [-0.15, -0.1) is 0 Å². The van der Waals surface area contributed by atoms with Crippen LogP contribution in [0.1, 0.15) is 65.7 Å². The van der Waals surface area contributed by atoms with Crippen molar-refractivity contribution in [3.63, 3.8) is 0 Å². The molecule has 1 aliphatic rings. The molecule has 3 aromatic rings. The summed E-state index contributed by atoms with van der Waals surface area (Å²) in [7, 11) is 0. The van der Waals surface area contributed by atoms with E-state index in [0.29, 0.717) is 11.7 Å². The van der Waals surface area contributed by atoms with Crippen molar-refractivity contribution in [3.8, 4) is 11.4 Å². The van der Waals surface area contributed by atoms with Crippen molar-refractivity contribution in [2.45, 2.75) is 52.1 Å². The van der Waals surface area contributed by atoms with Crippen LogP contribution < -0.4 is 5.56 Å². The number of aryl methyl sites for hydroxylation is 2. The van der Waals surface area contributed by atoms with Gasteiger partial charge in [0.2, 0.25) is 5.82 Å². The van der Waals surface area contributed by atoms with E-state index in [9.17, 15) is 9.59 Å². The molecule has 4 rings (SSSR count). The standard InChI is InChI=1S/C22H23N3O4/c1-13(2)14-7-9-15(10-8-14)20-24-19(29-25-20)12-28-22(27)17-11-16-5-3-4-6-18(16)23-21(17)26/h7-11,13H,3-6,12H2,1-2H3,(H,23,26). The van der Waals surface area contributed by atoms with Crippen molar-refractivity contribution in [1.82, 2.24) is 15.1 Å². The van der Waals surface area contributed by atoms with Crippen LogP contribution in [0.4, 0.5) is 0 Å². The number of H-pyrrole nitrogens is 1. The monoisotopic (exact) mass is 393 g/mol. The van der Waals surface area contributed by atoms with Crippen molar-refractivity contribution >= 4 is 5.97 Å². The fraction of sp³-hybridized carbons (Fsp3) is 0.364. The minimum absolute atomic E-state index is 0.00895.